The van der Waals surface area contributed by atoms with Gasteiger partial charge in [0.15, 0.2) is 0 Å². The van der Waals surface area contributed by atoms with Crippen LogP contribution < -0.4 is 16.0 Å². The summed E-state index contributed by atoms with van der Waals surface area (Å²) in [6.07, 6.45) is 5.34. The summed E-state index contributed by atoms with van der Waals surface area (Å²) in [5.74, 6) is 0.543. The smallest absolute Gasteiger partial charge is 0.353 e. The molecule has 3 heterocycles. The molecular weight excluding hydrogens is 300 g/mol. The molecule has 3 rings (SSSR count). The van der Waals surface area contributed by atoms with Crippen LogP contribution in [0, 0.1) is 10.1 Å². The molecule has 0 spiro atoms. The number of hydrogen-bond donors (Lipinski definition) is 2. The molecule has 1 aromatic heterocycles. The summed E-state index contributed by atoms with van der Waals surface area (Å²) >= 11 is 0. The highest BCUT2D eigenvalue weighted by Gasteiger charge is 2.26. The maximum atomic E-state index is 11.3. The van der Waals surface area contributed by atoms with Crippen LogP contribution in [0.15, 0.2) is 0 Å². The number of nitro groups is 1. The molecule has 0 bridgehead atoms. The quantitative estimate of drug-likeness (QED) is 0.619. The molecule has 9 nitrogen and oxygen atoms in total. The fourth-order valence-electron chi connectivity index (χ4n) is 3.01. The molecule has 23 heavy (non-hydrogen) atoms. The zero-order valence-electron chi connectivity index (χ0n) is 13.0. The van der Waals surface area contributed by atoms with Gasteiger partial charge >= 0.3 is 5.69 Å². The monoisotopic (exact) mass is 322 g/mol. The van der Waals surface area contributed by atoms with E-state index in [-0.39, 0.29) is 23.4 Å². The molecule has 1 atom stereocenters. The van der Waals surface area contributed by atoms with Crippen molar-refractivity contribution in [1.82, 2.24) is 9.97 Å². The van der Waals surface area contributed by atoms with Gasteiger partial charge in [0.25, 0.3) is 0 Å². The fraction of sp³-hybridized carbons (Fsp3) is 0.714. The number of ether oxygens (including phenoxy) is 1. The number of hydrogen-bond acceptors (Lipinski definition) is 8. The normalized spacial score (nSPS) is 21.4. The molecule has 0 aromatic carbocycles. The zero-order valence-corrected chi connectivity index (χ0v) is 13.0. The van der Waals surface area contributed by atoms with Crippen molar-refractivity contribution in [3.05, 3.63) is 10.1 Å². The molecule has 2 saturated heterocycles. The average Bonchev–Trinajstić information content (AvgIpc) is 3.06. The van der Waals surface area contributed by atoms with E-state index in [1.54, 1.807) is 0 Å². The Hall–Kier alpha value is -2.16. The molecule has 1 aromatic rings. The van der Waals surface area contributed by atoms with Gasteiger partial charge in [0.1, 0.15) is 0 Å². The Morgan fingerprint density at radius 2 is 2.09 bits per heavy atom. The third-order valence-corrected chi connectivity index (χ3v) is 4.24. The van der Waals surface area contributed by atoms with Gasteiger partial charge in [0.2, 0.25) is 17.6 Å². The van der Waals surface area contributed by atoms with Gasteiger partial charge in [-0.15, -0.1) is 0 Å². The van der Waals surface area contributed by atoms with Crippen LogP contribution in [-0.4, -0.2) is 47.2 Å². The van der Waals surface area contributed by atoms with Gasteiger partial charge in [-0.3, -0.25) is 10.1 Å². The molecule has 9 heteroatoms. The number of piperidine rings is 1. The molecular formula is C14H22N6O3. The van der Waals surface area contributed by atoms with Crippen molar-refractivity contribution in [2.45, 2.75) is 38.2 Å². The Labute approximate surface area is 134 Å². The van der Waals surface area contributed by atoms with Crippen molar-refractivity contribution < 1.29 is 9.66 Å². The van der Waals surface area contributed by atoms with Gasteiger partial charge in [-0.05, 0) is 32.1 Å². The lowest BCUT2D eigenvalue weighted by atomic mass is 10.1. The standard InChI is InChI=1S/C14H22N6O3/c15-12-11(20(21)22)13(16-9-10-5-4-8-23-10)18-14(17-12)19-6-2-1-3-7-19/h10H,1-9H2,(H3,15,16,17,18)/t10-/m0/s1. The molecule has 3 N–H and O–H groups in total. The third kappa shape index (κ3) is 3.61. The summed E-state index contributed by atoms with van der Waals surface area (Å²) < 4.78 is 5.53. The van der Waals surface area contributed by atoms with Crippen LogP contribution in [0.1, 0.15) is 32.1 Å². The Morgan fingerprint density at radius 3 is 2.74 bits per heavy atom. The summed E-state index contributed by atoms with van der Waals surface area (Å²) in [7, 11) is 0. The second kappa shape index (κ2) is 6.95. The molecule has 0 saturated carbocycles. The highest BCUT2D eigenvalue weighted by Crippen LogP contribution is 2.31. The van der Waals surface area contributed by atoms with Crippen molar-refractivity contribution in [2.24, 2.45) is 0 Å². The molecule has 0 aliphatic carbocycles. The van der Waals surface area contributed by atoms with Gasteiger partial charge in [-0.2, -0.15) is 9.97 Å². The zero-order chi connectivity index (χ0) is 16.2. The Kier molecular flexibility index (Phi) is 4.75. The number of aromatic nitrogens is 2. The highest BCUT2D eigenvalue weighted by molar-refractivity contribution is 5.70. The van der Waals surface area contributed by atoms with E-state index < -0.39 is 4.92 Å². The minimum absolute atomic E-state index is 0.0595. The first kappa shape index (κ1) is 15.7. The van der Waals surface area contributed by atoms with Crippen LogP contribution in [0.5, 0.6) is 0 Å². The average molecular weight is 322 g/mol. The number of rotatable bonds is 5. The lowest BCUT2D eigenvalue weighted by molar-refractivity contribution is -0.383. The first-order valence-corrected chi connectivity index (χ1v) is 8.07. The lowest BCUT2D eigenvalue weighted by Gasteiger charge is -2.27. The van der Waals surface area contributed by atoms with E-state index in [9.17, 15) is 10.1 Å². The Morgan fingerprint density at radius 1 is 1.30 bits per heavy atom. The number of anilines is 3. The molecule has 126 valence electrons. The molecule has 0 radical (unpaired) electrons. The largest absolute Gasteiger partial charge is 0.378 e. The van der Waals surface area contributed by atoms with Crippen LogP contribution >= 0.6 is 0 Å². The van der Waals surface area contributed by atoms with E-state index in [0.717, 1.165) is 45.4 Å². The van der Waals surface area contributed by atoms with Crippen LogP contribution in [0.4, 0.5) is 23.3 Å². The molecule has 2 aliphatic heterocycles. The van der Waals surface area contributed by atoms with E-state index in [1.807, 2.05) is 4.90 Å². The molecule has 0 unspecified atom stereocenters. The van der Waals surface area contributed by atoms with E-state index in [0.29, 0.717) is 12.5 Å². The Balaban J connectivity index is 1.83. The molecule has 0 amide bonds. The summed E-state index contributed by atoms with van der Waals surface area (Å²) in [5, 5.41) is 14.3. The molecule has 2 fully saturated rings. The summed E-state index contributed by atoms with van der Waals surface area (Å²) in [5.41, 5.74) is 5.56. The number of nitrogens with two attached hydrogens (primary N) is 1. The van der Waals surface area contributed by atoms with Gasteiger partial charge in [-0.25, -0.2) is 0 Å². The van der Waals surface area contributed by atoms with E-state index in [1.165, 1.54) is 6.42 Å². The lowest BCUT2D eigenvalue weighted by Crippen LogP contribution is -2.31. The van der Waals surface area contributed by atoms with Crippen LogP contribution in [-0.2, 0) is 4.74 Å². The van der Waals surface area contributed by atoms with Crippen molar-refractivity contribution in [3.8, 4) is 0 Å². The van der Waals surface area contributed by atoms with Crippen molar-refractivity contribution in [3.63, 3.8) is 0 Å². The predicted octanol–water partition coefficient (Wildman–Crippen LogP) is 1.55. The summed E-state index contributed by atoms with van der Waals surface area (Å²) in [6, 6.07) is 0. The molecule has 2 aliphatic rings. The minimum atomic E-state index is -0.535. The number of nitrogen functional groups attached to an aromatic ring is 1. The van der Waals surface area contributed by atoms with E-state index >= 15 is 0 Å². The topological polar surface area (TPSA) is 119 Å². The van der Waals surface area contributed by atoms with Crippen LogP contribution in [0.25, 0.3) is 0 Å². The van der Waals surface area contributed by atoms with Gasteiger partial charge in [0, 0.05) is 26.2 Å². The van der Waals surface area contributed by atoms with Crippen molar-refractivity contribution in [1.29, 1.82) is 0 Å². The maximum absolute atomic E-state index is 11.3. The SMILES string of the molecule is Nc1nc(N2CCCCC2)nc(NC[C@@H]2CCCO2)c1[N+](=O)[O-]. The van der Waals surface area contributed by atoms with Gasteiger partial charge in [0.05, 0.1) is 11.0 Å². The van der Waals surface area contributed by atoms with Crippen LogP contribution in [0.3, 0.4) is 0 Å². The third-order valence-electron chi connectivity index (χ3n) is 4.24. The Bertz CT molecular complexity index is 570. The van der Waals surface area contributed by atoms with Gasteiger partial charge in [-0.1, -0.05) is 0 Å². The second-order valence-corrected chi connectivity index (χ2v) is 5.93. The van der Waals surface area contributed by atoms with E-state index in [2.05, 4.69) is 15.3 Å². The van der Waals surface area contributed by atoms with Gasteiger partial charge < -0.3 is 20.7 Å². The number of nitrogens with zero attached hydrogens (tertiary/aromatic N) is 4. The van der Waals surface area contributed by atoms with Crippen LogP contribution in [0.2, 0.25) is 0 Å². The highest BCUT2D eigenvalue weighted by atomic mass is 16.6. The van der Waals surface area contributed by atoms with Crippen molar-refractivity contribution in [2.75, 3.05) is 42.2 Å². The number of nitrogens with one attached hydrogen (secondary N) is 1. The second-order valence-electron chi connectivity index (χ2n) is 5.93. The van der Waals surface area contributed by atoms with E-state index in [4.69, 9.17) is 10.5 Å². The van der Waals surface area contributed by atoms with Crippen molar-refractivity contribution >= 4 is 23.3 Å². The minimum Gasteiger partial charge on any atom is -0.378 e. The fourth-order valence-corrected chi connectivity index (χ4v) is 3.01. The maximum Gasteiger partial charge on any atom is 0.353 e. The summed E-state index contributed by atoms with van der Waals surface area (Å²) in [4.78, 5) is 21.3. The predicted molar refractivity (Wildman–Crippen MR) is 86.6 cm³/mol. The summed E-state index contributed by atoms with van der Waals surface area (Å²) in [6.45, 7) is 2.92. The first-order chi connectivity index (χ1) is 11.1. The first-order valence-electron chi connectivity index (χ1n) is 8.07.